The molecule has 0 radical (unpaired) electrons. The molecule has 0 aromatic heterocycles. The van der Waals surface area contributed by atoms with Crippen molar-refractivity contribution in [3.05, 3.63) is 41.2 Å². The molecule has 74 valence electrons. The third-order valence-electron chi connectivity index (χ3n) is 1.78. The van der Waals surface area contributed by atoms with E-state index in [0.29, 0.717) is 6.29 Å². The van der Waals surface area contributed by atoms with Crippen LogP contribution in [0.1, 0.15) is 15.9 Å². The summed E-state index contributed by atoms with van der Waals surface area (Å²) in [4.78, 5) is 10.4. The van der Waals surface area contributed by atoms with Crippen molar-refractivity contribution in [1.82, 2.24) is 5.32 Å². The molecule has 0 spiro atoms. The number of carbonyl (C=O) groups is 1. The second kappa shape index (κ2) is 5.29. The minimum absolute atomic E-state index is 0.0941. The number of hydrogen-bond donors (Lipinski definition) is 1. The largest absolute Gasteiger partial charge is 0.316 e. The van der Waals surface area contributed by atoms with Crippen LogP contribution in [0, 0.1) is 5.82 Å². The molecule has 0 unspecified atom stereocenters. The van der Waals surface area contributed by atoms with E-state index >= 15 is 0 Å². The maximum absolute atomic E-state index is 12.9. The molecule has 0 heterocycles. The van der Waals surface area contributed by atoms with Gasteiger partial charge in [0.15, 0.2) is 6.29 Å². The molecule has 0 saturated carbocycles. The average Bonchev–Trinajstić information content (AvgIpc) is 2.21. The standard InChI is InChI=1S/C11H12FNO/c1-13-6-2-3-9-4-5-11(12)10(7-9)8-14/h2-5,7-8,13H,6H2,1H3. The molecule has 0 aliphatic heterocycles. The van der Waals surface area contributed by atoms with Gasteiger partial charge in [-0.2, -0.15) is 0 Å². The Hall–Kier alpha value is -1.48. The SMILES string of the molecule is CNCC=Cc1ccc(F)c(C=O)c1. The van der Waals surface area contributed by atoms with Crippen LogP contribution in [0.4, 0.5) is 4.39 Å². The third-order valence-corrected chi connectivity index (χ3v) is 1.78. The number of halogens is 1. The Morgan fingerprint density at radius 2 is 2.29 bits per heavy atom. The van der Waals surface area contributed by atoms with Crippen molar-refractivity contribution >= 4 is 12.4 Å². The van der Waals surface area contributed by atoms with Gasteiger partial charge in [0, 0.05) is 6.54 Å². The van der Waals surface area contributed by atoms with Crippen molar-refractivity contribution in [3.8, 4) is 0 Å². The summed E-state index contributed by atoms with van der Waals surface area (Å²) >= 11 is 0. The fourth-order valence-electron chi connectivity index (χ4n) is 1.07. The predicted molar refractivity (Wildman–Crippen MR) is 54.7 cm³/mol. The lowest BCUT2D eigenvalue weighted by Crippen LogP contribution is -2.03. The summed E-state index contributed by atoms with van der Waals surface area (Å²) < 4.78 is 12.9. The highest BCUT2D eigenvalue weighted by molar-refractivity contribution is 5.76. The zero-order valence-corrected chi connectivity index (χ0v) is 7.96. The van der Waals surface area contributed by atoms with E-state index in [1.165, 1.54) is 12.1 Å². The van der Waals surface area contributed by atoms with Gasteiger partial charge < -0.3 is 5.32 Å². The first-order valence-corrected chi connectivity index (χ1v) is 4.34. The summed E-state index contributed by atoms with van der Waals surface area (Å²) in [7, 11) is 1.84. The van der Waals surface area contributed by atoms with Crippen molar-refractivity contribution in [2.45, 2.75) is 0 Å². The van der Waals surface area contributed by atoms with Crippen LogP contribution in [0.25, 0.3) is 6.08 Å². The van der Waals surface area contributed by atoms with Gasteiger partial charge in [-0.05, 0) is 24.7 Å². The van der Waals surface area contributed by atoms with Crippen LogP contribution < -0.4 is 5.32 Å². The number of rotatable bonds is 4. The molecule has 3 heteroatoms. The second-order valence-corrected chi connectivity index (χ2v) is 2.86. The summed E-state index contributed by atoms with van der Waals surface area (Å²) in [6.45, 7) is 0.744. The molecule has 0 bridgehead atoms. The number of nitrogens with one attached hydrogen (secondary N) is 1. The van der Waals surface area contributed by atoms with Crippen LogP contribution >= 0.6 is 0 Å². The number of aldehydes is 1. The van der Waals surface area contributed by atoms with E-state index < -0.39 is 5.82 Å². The van der Waals surface area contributed by atoms with Gasteiger partial charge >= 0.3 is 0 Å². The molecule has 0 atom stereocenters. The fraction of sp³-hybridized carbons (Fsp3) is 0.182. The fourth-order valence-corrected chi connectivity index (χ4v) is 1.07. The predicted octanol–water partition coefficient (Wildman–Crippen LogP) is 1.87. The number of likely N-dealkylation sites (N-methyl/N-ethyl adjacent to an activating group) is 1. The molecule has 2 nitrogen and oxygen atoms in total. The molecule has 0 aliphatic carbocycles. The quantitative estimate of drug-likeness (QED) is 0.739. The minimum Gasteiger partial charge on any atom is -0.316 e. The highest BCUT2D eigenvalue weighted by Gasteiger charge is 1.99. The molecule has 0 fully saturated rings. The van der Waals surface area contributed by atoms with Gasteiger partial charge in [0.25, 0.3) is 0 Å². The molecular formula is C11H12FNO. The summed E-state index contributed by atoms with van der Waals surface area (Å²) in [5, 5.41) is 2.95. The Balaban J connectivity index is 2.84. The molecular weight excluding hydrogens is 181 g/mol. The van der Waals surface area contributed by atoms with Gasteiger partial charge in [-0.15, -0.1) is 0 Å². The lowest BCUT2D eigenvalue weighted by molar-refractivity contribution is 0.112. The van der Waals surface area contributed by atoms with Gasteiger partial charge in [-0.25, -0.2) is 4.39 Å². The summed E-state index contributed by atoms with van der Waals surface area (Å²) in [5.74, 6) is -0.481. The van der Waals surface area contributed by atoms with Crippen LogP contribution in [0.3, 0.4) is 0 Å². The van der Waals surface area contributed by atoms with Crippen LogP contribution in [-0.4, -0.2) is 19.9 Å². The van der Waals surface area contributed by atoms with Gasteiger partial charge in [0.2, 0.25) is 0 Å². The molecule has 14 heavy (non-hydrogen) atoms. The molecule has 1 aromatic rings. The summed E-state index contributed by atoms with van der Waals surface area (Å²) in [6, 6.07) is 4.45. The van der Waals surface area contributed by atoms with Crippen LogP contribution in [-0.2, 0) is 0 Å². The molecule has 0 amide bonds. The molecule has 1 rings (SSSR count). The number of benzene rings is 1. The maximum Gasteiger partial charge on any atom is 0.153 e. The molecule has 0 saturated heterocycles. The summed E-state index contributed by atoms with van der Waals surface area (Å²) in [5.41, 5.74) is 0.917. The minimum atomic E-state index is -0.481. The van der Waals surface area contributed by atoms with Gasteiger partial charge in [0.05, 0.1) is 5.56 Å². The Morgan fingerprint density at radius 1 is 1.50 bits per heavy atom. The van der Waals surface area contributed by atoms with Gasteiger partial charge in [-0.3, -0.25) is 4.79 Å². The number of hydrogen-bond acceptors (Lipinski definition) is 2. The Bertz CT molecular complexity index is 347. The van der Waals surface area contributed by atoms with Gasteiger partial charge in [0.1, 0.15) is 5.82 Å². The van der Waals surface area contributed by atoms with Crippen molar-refractivity contribution in [1.29, 1.82) is 0 Å². The first-order valence-electron chi connectivity index (χ1n) is 4.34. The Morgan fingerprint density at radius 3 is 2.93 bits per heavy atom. The van der Waals surface area contributed by atoms with E-state index in [9.17, 15) is 9.18 Å². The first-order chi connectivity index (χ1) is 6.77. The lowest BCUT2D eigenvalue weighted by Gasteiger charge is -1.97. The highest BCUT2D eigenvalue weighted by Crippen LogP contribution is 2.09. The van der Waals surface area contributed by atoms with E-state index in [4.69, 9.17) is 0 Å². The Kier molecular flexibility index (Phi) is 4.01. The van der Waals surface area contributed by atoms with Crippen LogP contribution in [0.5, 0.6) is 0 Å². The van der Waals surface area contributed by atoms with E-state index in [1.54, 1.807) is 6.07 Å². The van der Waals surface area contributed by atoms with E-state index in [0.717, 1.165) is 12.1 Å². The first kappa shape index (κ1) is 10.6. The van der Waals surface area contributed by atoms with Crippen molar-refractivity contribution < 1.29 is 9.18 Å². The molecule has 1 N–H and O–H groups in total. The van der Waals surface area contributed by atoms with Crippen molar-refractivity contribution in [2.75, 3.05) is 13.6 Å². The zero-order valence-electron chi connectivity index (χ0n) is 7.96. The number of carbonyl (C=O) groups excluding carboxylic acids is 1. The van der Waals surface area contributed by atoms with Crippen molar-refractivity contribution in [2.24, 2.45) is 0 Å². The third kappa shape index (κ3) is 2.78. The van der Waals surface area contributed by atoms with Gasteiger partial charge in [-0.1, -0.05) is 18.2 Å². The topological polar surface area (TPSA) is 29.1 Å². The van der Waals surface area contributed by atoms with Crippen LogP contribution in [0.2, 0.25) is 0 Å². The highest BCUT2D eigenvalue weighted by atomic mass is 19.1. The normalized spacial score (nSPS) is 10.7. The Labute approximate surface area is 82.4 Å². The molecule has 0 aliphatic rings. The van der Waals surface area contributed by atoms with E-state index in [2.05, 4.69) is 5.32 Å². The second-order valence-electron chi connectivity index (χ2n) is 2.86. The zero-order chi connectivity index (χ0) is 10.4. The summed E-state index contributed by atoms with van der Waals surface area (Å²) in [6.07, 6.45) is 4.26. The van der Waals surface area contributed by atoms with Crippen molar-refractivity contribution in [3.63, 3.8) is 0 Å². The van der Waals surface area contributed by atoms with E-state index in [-0.39, 0.29) is 5.56 Å². The molecule has 1 aromatic carbocycles. The smallest absolute Gasteiger partial charge is 0.153 e. The van der Waals surface area contributed by atoms with E-state index in [1.807, 2.05) is 19.2 Å². The maximum atomic E-state index is 12.9. The monoisotopic (exact) mass is 193 g/mol. The lowest BCUT2D eigenvalue weighted by atomic mass is 10.1. The van der Waals surface area contributed by atoms with Crippen LogP contribution in [0.15, 0.2) is 24.3 Å². The average molecular weight is 193 g/mol.